The van der Waals surface area contributed by atoms with Crippen molar-refractivity contribution in [2.24, 2.45) is 5.73 Å². The van der Waals surface area contributed by atoms with Gasteiger partial charge in [-0.05, 0) is 44.0 Å². The van der Waals surface area contributed by atoms with Crippen LogP contribution in [0.1, 0.15) is 34.3 Å². The average molecular weight is 294 g/mol. The highest BCUT2D eigenvalue weighted by Crippen LogP contribution is 2.30. The van der Waals surface area contributed by atoms with Gasteiger partial charge in [0, 0.05) is 10.0 Å². The van der Waals surface area contributed by atoms with Crippen LogP contribution >= 0.6 is 15.9 Å². The summed E-state index contributed by atoms with van der Waals surface area (Å²) in [5.41, 5.74) is 9.69. The van der Waals surface area contributed by atoms with E-state index in [1.165, 1.54) is 5.56 Å². The van der Waals surface area contributed by atoms with E-state index in [1.54, 1.807) is 0 Å². The van der Waals surface area contributed by atoms with Gasteiger partial charge in [0.2, 0.25) is 0 Å². The van der Waals surface area contributed by atoms with Crippen LogP contribution in [0.5, 0.6) is 0 Å². The van der Waals surface area contributed by atoms with Crippen LogP contribution in [0.25, 0.3) is 0 Å². The molecule has 0 spiro atoms. The molecule has 2 rings (SSSR count). The molecule has 0 bridgehead atoms. The molecule has 90 valence electrons. The molecule has 2 aromatic rings. The van der Waals surface area contributed by atoms with E-state index in [9.17, 15) is 0 Å². The van der Waals surface area contributed by atoms with E-state index in [0.717, 1.165) is 27.1 Å². The summed E-state index contributed by atoms with van der Waals surface area (Å²) in [4.78, 5) is 0. The zero-order valence-electron chi connectivity index (χ0n) is 10.3. The molecule has 1 heterocycles. The molecule has 1 aromatic heterocycles. The van der Waals surface area contributed by atoms with Crippen LogP contribution in [-0.4, -0.2) is 0 Å². The minimum Gasteiger partial charge on any atom is -0.466 e. The Hall–Kier alpha value is -1.06. The second kappa shape index (κ2) is 4.67. The summed E-state index contributed by atoms with van der Waals surface area (Å²) >= 11 is 3.53. The van der Waals surface area contributed by atoms with E-state index in [2.05, 4.69) is 28.9 Å². The van der Waals surface area contributed by atoms with Crippen molar-refractivity contribution < 1.29 is 4.42 Å². The third kappa shape index (κ3) is 2.31. The predicted molar refractivity (Wildman–Crippen MR) is 73.1 cm³/mol. The maximum Gasteiger partial charge on any atom is 0.106 e. The van der Waals surface area contributed by atoms with Gasteiger partial charge < -0.3 is 10.2 Å². The van der Waals surface area contributed by atoms with Crippen LogP contribution in [0.3, 0.4) is 0 Å². The molecule has 0 fully saturated rings. The van der Waals surface area contributed by atoms with Crippen LogP contribution in [0.2, 0.25) is 0 Å². The topological polar surface area (TPSA) is 39.2 Å². The van der Waals surface area contributed by atoms with Gasteiger partial charge in [-0.3, -0.25) is 0 Å². The summed E-state index contributed by atoms with van der Waals surface area (Å²) < 4.78 is 6.62. The minimum atomic E-state index is -0.134. The van der Waals surface area contributed by atoms with Gasteiger partial charge in [-0.2, -0.15) is 0 Å². The number of aryl methyl sites for hydroxylation is 2. The van der Waals surface area contributed by atoms with Crippen molar-refractivity contribution in [1.29, 1.82) is 0 Å². The second-order valence-corrected chi connectivity index (χ2v) is 5.15. The van der Waals surface area contributed by atoms with Gasteiger partial charge in [0.15, 0.2) is 0 Å². The summed E-state index contributed by atoms with van der Waals surface area (Å²) in [6.07, 6.45) is 0. The Labute approximate surface area is 110 Å². The number of nitrogens with two attached hydrogens (primary N) is 1. The molecule has 17 heavy (non-hydrogen) atoms. The predicted octanol–water partition coefficient (Wildman–Crippen LogP) is 4.02. The average Bonchev–Trinajstić information content (AvgIpc) is 2.61. The van der Waals surface area contributed by atoms with Crippen LogP contribution < -0.4 is 5.73 Å². The molecule has 0 amide bonds. The lowest BCUT2D eigenvalue weighted by Gasteiger charge is -2.15. The van der Waals surface area contributed by atoms with Crippen molar-refractivity contribution in [2.75, 3.05) is 0 Å². The number of benzene rings is 1. The van der Waals surface area contributed by atoms with Crippen LogP contribution in [-0.2, 0) is 0 Å². The Morgan fingerprint density at radius 1 is 1.18 bits per heavy atom. The van der Waals surface area contributed by atoms with E-state index in [1.807, 2.05) is 32.0 Å². The fourth-order valence-corrected chi connectivity index (χ4v) is 2.47. The van der Waals surface area contributed by atoms with Crippen molar-refractivity contribution in [1.82, 2.24) is 0 Å². The summed E-state index contributed by atoms with van der Waals surface area (Å²) in [6.45, 7) is 5.97. The molecular weight excluding hydrogens is 278 g/mol. The van der Waals surface area contributed by atoms with Crippen LogP contribution in [0.15, 0.2) is 33.2 Å². The lowest BCUT2D eigenvalue weighted by Crippen LogP contribution is -2.13. The Kier molecular flexibility index (Phi) is 3.40. The molecule has 0 radical (unpaired) electrons. The molecule has 1 aromatic carbocycles. The van der Waals surface area contributed by atoms with Gasteiger partial charge in [0.25, 0.3) is 0 Å². The van der Waals surface area contributed by atoms with E-state index >= 15 is 0 Å². The summed E-state index contributed by atoms with van der Waals surface area (Å²) in [5, 5.41) is 0. The third-order valence-corrected chi connectivity index (χ3v) is 3.92. The van der Waals surface area contributed by atoms with Gasteiger partial charge in [-0.1, -0.05) is 28.1 Å². The number of rotatable bonds is 2. The monoisotopic (exact) mass is 293 g/mol. The third-order valence-electron chi connectivity index (χ3n) is 3.06. The minimum absolute atomic E-state index is 0.134. The Bertz CT molecular complexity index is 545. The first-order valence-electron chi connectivity index (χ1n) is 5.58. The smallest absolute Gasteiger partial charge is 0.106 e. The highest BCUT2D eigenvalue weighted by Gasteiger charge is 2.17. The summed E-state index contributed by atoms with van der Waals surface area (Å²) in [5.74, 6) is 1.80. The molecule has 2 nitrogen and oxygen atoms in total. The molecule has 2 N–H and O–H groups in total. The first-order valence-corrected chi connectivity index (χ1v) is 6.37. The van der Waals surface area contributed by atoms with Crippen LogP contribution in [0, 0.1) is 20.8 Å². The summed E-state index contributed by atoms with van der Waals surface area (Å²) in [6, 6.07) is 7.98. The van der Waals surface area contributed by atoms with Crippen molar-refractivity contribution >= 4 is 15.9 Å². The Balaban J connectivity index is 2.47. The standard InChI is InChI=1S/C14H16BrNO/c1-8-7-12(10(3)17-8)14(16)11-5-4-6-13(15)9(11)2/h4-7,14H,16H2,1-3H3. The second-order valence-electron chi connectivity index (χ2n) is 4.30. The zero-order valence-corrected chi connectivity index (χ0v) is 11.8. The molecule has 3 heteroatoms. The zero-order chi connectivity index (χ0) is 12.6. The van der Waals surface area contributed by atoms with Crippen molar-refractivity contribution in [3.05, 3.63) is 56.9 Å². The number of hydrogen-bond acceptors (Lipinski definition) is 2. The Morgan fingerprint density at radius 3 is 2.47 bits per heavy atom. The molecule has 1 atom stereocenters. The first kappa shape index (κ1) is 12.4. The fourth-order valence-electron chi connectivity index (χ4n) is 2.09. The maximum absolute atomic E-state index is 6.32. The van der Waals surface area contributed by atoms with Gasteiger partial charge in [0.1, 0.15) is 11.5 Å². The highest BCUT2D eigenvalue weighted by molar-refractivity contribution is 9.10. The molecule has 0 saturated heterocycles. The van der Waals surface area contributed by atoms with Gasteiger partial charge in [-0.25, -0.2) is 0 Å². The normalized spacial score (nSPS) is 12.8. The van der Waals surface area contributed by atoms with Crippen molar-refractivity contribution in [2.45, 2.75) is 26.8 Å². The molecular formula is C14H16BrNO. The molecule has 0 aliphatic carbocycles. The van der Waals surface area contributed by atoms with E-state index in [4.69, 9.17) is 10.2 Å². The first-order chi connectivity index (χ1) is 8.00. The van der Waals surface area contributed by atoms with E-state index < -0.39 is 0 Å². The fraction of sp³-hybridized carbons (Fsp3) is 0.286. The molecule has 0 saturated carbocycles. The lowest BCUT2D eigenvalue weighted by atomic mass is 9.96. The number of halogens is 1. The van der Waals surface area contributed by atoms with E-state index in [0.29, 0.717) is 0 Å². The van der Waals surface area contributed by atoms with Gasteiger partial charge in [0.05, 0.1) is 6.04 Å². The Morgan fingerprint density at radius 2 is 1.88 bits per heavy atom. The maximum atomic E-state index is 6.32. The quantitative estimate of drug-likeness (QED) is 0.908. The van der Waals surface area contributed by atoms with Crippen molar-refractivity contribution in [3.8, 4) is 0 Å². The molecule has 1 unspecified atom stereocenters. The number of furan rings is 1. The molecule has 0 aliphatic heterocycles. The largest absolute Gasteiger partial charge is 0.466 e. The number of hydrogen-bond donors (Lipinski definition) is 1. The summed E-state index contributed by atoms with van der Waals surface area (Å²) in [7, 11) is 0. The highest BCUT2D eigenvalue weighted by atomic mass is 79.9. The van der Waals surface area contributed by atoms with Crippen LogP contribution in [0.4, 0.5) is 0 Å². The van der Waals surface area contributed by atoms with E-state index in [-0.39, 0.29) is 6.04 Å². The van der Waals surface area contributed by atoms with Crippen molar-refractivity contribution in [3.63, 3.8) is 0 Å². The molecule has 0 aliphatic rings. The van der Waals surface area contributed by atoms with Gasteiger partial charge in [-0.15, -0.1) is 0 Å². The SMILES string of the molecule is Cc1cc(C(N)c2cccc(Br)c2C)c(C)o1. The lowest BCUT2D eigenvalue weighted by molar-refractivity contribution is 0.499. The van der Waals surface area contributed by atoms with Gasteiger partial charge >= 0.3 is 0 Å².